The Morgan fingerprint density at radius 2 is 2.10 bits per heavy atom. The summed E-state index contributed by atoms with van der Waals surface area (Å²) < 4.78 is 6.79. The Hall–Kier alpha value is -0.420. The molecule has 1 fully saturated rings. The zero-order valence-corrected chi connectivity index (χ0v) is 14.2. The molecule has 4 heteroatoms. The lowest BCUT2D eigenvalue weighted by atomic mass is 9.90. The van der Waals surface area contributed by atoms with Crippen molar-refractivity contribution < 1.29 is 4.74 Å². The van der Waals surface area contributed by atoms with E-state index in [4.69, 9.17) is 10.5 Å². The van der Waals surface area contributed by atoms with Crippen LogP contribution < -0.4 is 5.73 Å². The molecule has 2 rings (SSSR count). The molecule has 1 aromatic carbocycles. The van der Waals surface area contributed by atoms with Gasteiger partial charge in [0.05, 0.1) is 19.3 Å². The summed E-state index contributed by atoms with van der Waals surface area (Å²) in [5, 5.41) is 0. The smallest absolute Gasteiger partial charge is 0.0645 e. The summed E-state index contributed by atoms with van der Waals surface area (Å²) >= 11 is 3.69. The normalized spacial score (nSPS) is 22.4. The number of halogens is 1. The third kappa shape index (κ3) is 3.25. The molecule has 0 aromatic heterocycles. The molecular formula is C16H25BrN2O. The minimum absolute atomic E-state index is 0.00495. The summed E-state index contributed by atoms with van der Waals surface area (Å²) in [6.07, 6.45) is 0.958. The second-order valence-corrected chi connectivity index (χ2v) is 6.95. The molecule has 0 bridgehead atoms. The minimum atomic E-state index is 0.00495. The Bertz CT molecular complexity index is 450. The number of ether oxygens (including phenoxy) is 1. The van der Waals surface area contributed by atoms with Gasteiger partial charge in [-0.2, -0.15) is 0 Å². The van der Waals surface area contributed by atoms with Gasteiger partial charge in [0.1, 0.15) is 0 Å². The lowest BCUT2D eigenvalue weighted by Gasteiger charge is -2.48. The second-order valence-electron chi connectivity index (χ2n) is 6.10. The summed E-state index contributed by atoms with van der Waals surface area (Å²) in [5.41, 5.74) is 7.75. The van der Waals surface area contributed by atoms with E-state index in [9.17, 15) is 0 Å². The van der Waals surface area contributed by atoms with Crippen LogP contribution in [-0.2, 0) is 4.74 Å². The quantitative estimate of drug-likeness (QED) is 0.913. The first-order valence-corrected chi connectivity index (χ1v) is 8.11. The lowest BCUT2D eigenvalue weighted by molar-refractivity contribution is -0.0778. The van der Waals surface area contributed by atoms with Crippen molar-refractivity contribution in [3.63, 3.8) is 0 Å². The van der Waals surface area contributed by atoms with E-state index in [0.717, 1.165) is 30.7 Å². The van der Waals surface area contributed by atoms with Crippen molar-refractivity contribution in [2.75, 3.05) is 19.8 Å². The van der Waals surface area contributed by atoms with Gasteiger partial charge < -0.3 is 10.5 Å². The van der Waals surface area contributed by atoms with Crippen molar-refractivity contribution in [2.45, 2.75) is 44.8 Å². The van der Waals surface area contributed by atoms with E-state index in [0.29, 0.717) is 0 Å². The van der Waals surface area contributed by atoms with Gasteiger partial charge in [-0.25, -0.2) is 0 Å². The van der Waals surface area contributed by atoms with Crippen molar-refractivity contribution >= 4 is 15.9 Å². The molecule has 3 nitrogen and oxygen atoms in total. The standard InChI is InChI=1S/C16H25BrN2O/c1-4-14(18)15(12-7-5-6-8-13(12)17)19-9-10-20-11-16(19,2)3/h5-8,14-15H,4,9-11,18H2,1-3H3. The Morgan fingerprint density at radius 1 is 1.40 bits per heavy atom. The fourth-order valence-corrected chi connectivity index (χ4v) is 3.47. The van der Waals surface area contributed by atoms with E-state index < -0.39 is 0 Å². The Balaban J connectivity index is 2.40. The van der Waals surface area contributed by atoms with E-state index in [-0.39, 0.29) is 17.6 Å². The van der Waals surface area contributed by atoms with E-state index >= 15 is 0 Å². The Labute approximate surface area is 130 Å². The van der Waals surface area contributed by atoms with E-state index in [1.54, 1.807) is 0 Å². The van der Waals surface area contributed by atoms with Crippen LogP contribution in [0.2, 0.25) is 0 Å². The number of hydrogen-bond acceptors (Lipinski definition) is 3. The number of nitrogens with zero attached hydrogens (tertiary/aromatic N) is 1. The predicted molar refractivity (Wildman–Crippen MR) is 86.8 cm³/mol. The monoisotopic (exact) mass is 340 g/mol. The molecule has 112 valence electrons. The van der Waals surface area contributed by atoms with Crippen molar-refractivity contribution in [1.29, 1.82) is 0 Å². The van der Waals surface area contributed by atoms with Crippen molar-refractivity contribution in [3.05, 3.63) is 34.3 Å². The first-order chi connectivity index (χ1) is 9.47. The third-order valence-corrected chi connectivity index (χ3v) is 4.87. The van der Waals surface area contributed by atoms with Crippen LogP contribution in [0.15, 0.2) is 28.7 Å². The maximum Gasteiger partial charge on any atom is 0.0645 e. The van der Waals surface area contributed by atoms with E-state index in [2.05, 4.69) is 59.8 Å². The van der Waals surface area contributed by atoms with Crippen LogP contribution in [0.5, 0.6) is 0 Å². The van der Waals surface area contributed by atoms with Gasteiger partial charge in [0, 0.05) is 22.6 Å². The Morgan fingerprint density at radius 3 is 2.70 bits per heavy atom. The van der Waals surface area contributed by atoms with Crippen LogP contribution in [0.4, 0.5) is 0 Å². The van der Waals surface area contributed by atoms with Gasteiger partial charge in [-0.05, 0) is 31.9 Å². The molecule has 0 aliphatic carbocycles. The summed E-state index contributed by atoms with van der Waals surface area (Å²) in [7, 11) is 0. The fourth-order valence-electron chi connectivity index (χ4n) is 2.95. The second kappa shape index (κ2) is 6.56. The van der Waals surface area contributed by atoms with Crippen LogP contribution in [0, 0.1) is 0 Å². The van der Waals surface area contributed by atoms with Crippen molar-refractivity contribution in [2.24, 2.45) is 5.73 Å². The molecule has 1 aromatic rings. The van der Waals surface area contributed by atoms with Gasteiger partial charge >= 0.3 is 0 Å². The molecule has 0 radical (unpaired) electrons. The third-order valence-electron chi connectivity index (χ3n) is 4.15. The highest BCUT2D eigenvalue weighted by Gasteiger charge is 2.38. The van der Waals surface area contributed by atoms with Gasteiger partial charge in [0.2, 0.25) is 0 Å². The zero-order valence-electron chi connectivity index (χ0n) is 12.6. The zero-order chi connectivity index (χ0) is 14.8. The number of nitrogens with two attached hydrogens (primary N) is 1. The summed E-state index contributed by atoms with van der Waals surface area (Å²) in [4.78, 5) is 2.50. The van der Waals surface area contributed by atoms with Crippen molar-refractivity contribution in [1.82, 2.24) is 4.90 Å². The SMILES string of the molecule is CCC(N)C(c1ccccc1Br)N1CCOCC1(C)C. The topological polar surface area (TPSA) is 38.5 Å². The largest absolute Gasteiger partial charge is 0.378 e. The number of benzene rings is 1. The van der Waals surface area contributed by atoms with Crippen LogP contribution in [0.3, 0.4) is 0 Å². The molecule has 1 saturated heterocycles. The summed E-state index contributed by atoms with van der Waals surface area (Å²) in [6.45, 7) is 9.08. The molecule has 1 aliphatic heterocycles. The first kappa shape index (κ1) is 16.0. The van der Waals surface area contributed by atoms with E-state index in [1.165, 1.54) is 5.56 Å². The predicted octanol–water partition coefficient (Wildman–Crippen LogP) is 3.34. The first-order valence-electron chi connectivity index (χ1n) is 7.32. The molecule has 0 spiro atoms. The molecule has 2 atom stereocenters. The fraction of sp³-hybridized carbons (Fsp3) is 0.625. The van der Waals surface area contributed by atoms with E-state index in [1.807, 2.05) is 6.07 Å². The molecule has 20 heavy (non-hydrogen) atoms. The molecule has 1 aliphatic rings. The maximum atomic E-state index is 6.47. The summed E-state index contributed by atoms with van der Waals surface area (Å²) in [6, 6.07) is 8.74. The molecule has 1 heterocycles. The van der Waals surface area contributed by atoms with Crippen LogP contribution in [0.1, 0.15) is 38.8 Å². The molecule has 2 N–H and O–H groups in total. The highest BCUT2D eigenvalue weighted by atomic mass is 79.9. The van der Waals surface area contributed by atoms with Gasteiger partial charge in [-0.3, -0.25) is 4.90 Å². The highest BCUT2D eigenvalue weighted by molar-refractivity contribution is 9.10. The van der Waals surface area contributed by atoms with Gasteiger partial charge in [-0.1, -0.05) is 41.1 Å². The average molecular weight is 341 g/mol. The highest BCUT2D eigenvalue weighted by Crippen LogP contribution is 2.36. The number of morpholine rings is 1. The van der Waals surface area contributed by atoms with Gasteiger partial charge in [0.15, 0.2) is 0 Å². The minimum Gasteiger partial charge on any atom is -0.378 e. The maximum absolute atomic E-state index is 6.47. The molecule has 0 amide bonds. The van der Waals surface area contributed by atoms with Crippen LogP contribution in [-0.4, -0.2) is 36.2 Å². The summed E-state index contributed by atoms with van der Waals surface area (Å²) in [5.74, 6) is 0. The Kier molecular flexibility index (Phi) is 5.24. The van der Waals surface area contributed by atoms with Crippen molar-refractivity contribution in [3.8, 4) is 0 Å². The molecule has 2 unspecified atom stereocenters. The van der Waals surface area contributed by atoms with Crippen LogP contribution >= 0.6 is 15.9 Å². The number of hydrogen-bond donors (Lipinski definition) is 1. The molecule has 0 saturated carbocycles. The van der Waals surface area contributed by atoms with Gasteiger partial charge in [-0.15, -0.1) is 0 Å². The molecular weight excluding hydrogens is 316 g/mol. The average Bonchev–Trinajstić information content (AvgIpc) is 2.42. The van der Waals surface area contributed by atoms with Crippen LogP contribution in [0.25, 0.3) is 0 Å². The van der Waals surface area contributed by atoms with Gasteiger partial charge in [0.25, 0.3) is 0 Å². The lowest BCUT2D eigenvalue weighted by Crippen LogP contribution is -2.57. The number of rotatable bonds is 4.